The molecule has 1 aliphatic carbocycles. The molecule has 1 fully saturated rings. The molecular weight excluding hydrogens is 476 g/mol. The van der Waals surface area contributed by atoms with Crippen molar-refractivity contribution < 1.29 is 28.8 Å². The first-order valence-corrected chi connectivity index (χ1v) is 12.6. The van der Waals surface area contributed by atoms with E-state index in [1.54, 1.807) is 0 Å². The summed E-state index contributed by atoms with van der Waals surface area (Å²) in [6, 6.07) is 2.78. The van der Waals surface area contributed by atoms with Crippen LogP contribution in [-0.2, 0) is 14.3 Å². The Kier molecular flexibility index (Phi) is 11.4. The van der Waals surface area contributed by atoms with E-state index in [-0.39, 0.29) is 53.9 Å². The van der Waals surface area contributed by atoms with E-state index in [1.807, 2.05) is 4.90 Å². The fraction of sp³-hybridized carbons (Fsp3) is 0.640. The topological polar surface area (TPSA) is 116 Å². The number of nitrogens with zero attached hydrogens (tertiary/aromatic N) is 2. The molecule has 1 aromatic rings. The van der Waals surface area contributed by atoms with E-state index in [0.717, 1.165) is 38.5 Å². The van der Waals surface area contributed by atoms with Gasteiger partial charge in [0.2, 0.25) is 11.7 Å². The van der Waals surface area contributed by atoms with Crippen LogP contribution in [0, 0.1) is 16.0 Å². The lowest BCUT2D eigenvalue weighted by molar-refractivity contribution is -0.386. The van der Waals surface area contributed by atoms with E-state index in [0.29, 0.717) is 18.9 Å². The molecule has 0 radical (unpaired) electrons. The number of benzene rings is 1. The molecule has 0 N–H and O–H groups in total. The molecule has 2 rings (SSSR count). The van der Waals surface area contributed by atoms with Crippen LogP contribution in [0.15, 0.2) is 12.1 Å². The Labute approximate surface area is 211 Å². The third-order valence-electron chi connectivity index (χ3n) is 6.31. The van der Waals surface area contributed by atoms with Crippen molar-refractivity contribution in [2.75, 3.05) is 19.8 Å². The van der Waals surface area contributed by atoms with Crippen LogP contribution >= 0.6 is 11.6 Å². The molecule has 0 spiro atoms. The number of amides is 1. The van der Waals surface area contributed by atoms with Gasteiger partial charge in [-0.2, -0.15) is 0 Å². The number of hydrogen-bond donors (Lipinski definition) is 0. The maximum absolute atomic E-state index is 13.2. The Morgan fingerprint density at radius 2 is 1.89 bits per heavy atom. The number of esters is 1. The Bertz CT molecular complexity index is 915. The summed E-state index contributed by atoms with van der Waals surface area (Å²) in [4.78, 5) is 49.0. The number of halogens is 1. The summed E-state index contributed by atoms with van der Waals surface area (Å²) < 4.78 is 10.7. The highest BCUT2D eigenvalue weighted by molar-refractivity contribution is 6.32. The van der Waals surface area contributed by atoms with Gasteiger partial charge in [-0.1, -0.05) is 37.8 Å². The third-order valence-corrected chi connectivity index (χ3v) is 6.61. The van der Waals surface area contributed by atoms with E-state index >= 15 is 0 Å². The van der Waals surface area contributed by atoms with E-state index < -0.39 is 16.4 Å². The fourth-order valence-electron chi connectivity index (χ4n) is 4.74. The molecule has 1 unspecified atom stereocenters. The Morgan fingerprint density at radius 3 is 2.46 bits per heavy atom. The van der Waals surface area contributed by atoms with Gasteiger partial charge in [0.05, 0.1) is 28.7 Å². The maximum atomic E-state index is 13.2. The minimum atomic E-state index is -0.684. The third kappa shape index (κ3) is 8.19. The first kappa shape index (κ1) is 28.6. The molecule has 1 aliphatic rings. The minimum Gasteiger partial charge on any atom is -0.486 e. The molecule has 1 aromatic carbocycles. The normalized spacial score (nSPS) is 14.4. The molecule has 194 valence electrons. The second kappa shape index (κ2) is 14.0. The molecule has 1 saturated carbocycles. The van der Waals surface area contributed by atoms with Gasteiger partial charge in [0.1, 0.15) is 6.61 Å². The predicted octanol–water partition coefficient (Wildman–Crippen LogP) is 5.36. The summed E-state index contributed by atoms with van der Waals surface area (Å²) in [6.45, 7) is 5.17. The monoisotopic (exact) mass is 510 g/mol. The van der Waals surface area contributed by atoms with Crippen LogP contribution in [0.4, 0.5) is 5.69 Å². The molecule has 0 saturated heterocycles. The van der Waals surface area contributed by atoms with Gasteiger partial charge in [-0.05, 0) is 50.7 Å². The Hall–Kier alpha value is -2.68. The van der Waals surface area contributed by atoms with Crippen LogP contribution in [0.1, 0.15) is 82.5 Å². The molecule has 0 heterocycles. The van der Waals surface area contributed by atoms with E-state index in [4.69, 9.17) is 21.1 Å². The van der Waals surface area contributed by atoms with E-state index in [9.17, 15) is 24.5 Å². The van der Waals surface area contributed by atoms with Crippen molar-refractivity contribution in [3.8, 4) is 5.75 Å². The van der Waals surface area contributed by atoms with Crippen LogP contribution in [-0.4, -0.2) is 53.3 Å². The van der Waals surface area contributed by atoms with Gasteiger partial charge in [-0.3, -0.25) is 24.5 Å². The first-order valence-electron chi connectivity index (χ1n) is 12.2. The van der Waals surface area contributed by atoms with Crippen molar-refractivity contribution in [1.29, 1.82) is 0 Å². The lowest BCUT2D eigenvalue weighted by atomic mass is 9.92. The van der Waals surface area contributed by atoms with Crippen molar-refractivity contribution in [2.45, 2.75) is 78.2 Å². The van der Waals surface area contributed by atoms with Gasteiger partial charge in [0.15, 0.2) is 5.78 Å². The molecule has 10 heteroatoms. The zero-order valence-corrected chi connectivity index (χ0v) is 21.5. The highest BCUT2D eigenvalue weighted by Crippen LogP contribution is 2.38. The average molecular weight is 511 g/mol. The lowest BCUT2D eigenvalue weighted by Gasteiger charge is -2.36. The minimum absolute atomic E-state index is 0.0211. The van der Waals surface area contributed by atoms with Crippen LogP contribution in [0.2, 0.25) is 5.02 Å². The average Bonchev–Trinajstić information content (AvgIpc) is 3.33. The summed E-state index contributed by atoms with van der Waals surface area (Å²) in [5, 5.41) is 11.6. The number of Topliss-reactive ketones (excluding diaryl/α,β-unsaturated/α-hetero) is 1. The first-order chi connectivity index (χ1) is 16.7. The van der Waals surface area contributed by atoms with Crippen LogP contribution in [0.25, 0.3) is 0 Å². The summed E-state index contributed by atoms with van der Waals surface area (Å²) in [6.07, 6.45) is 6.78. The summed E-state index contributed by atoms with van der Waals surface area (Å²) >= 11 is 6.12. The number of rotatable bonds is 14. The number of hydrogen-bond acceptors (Lipinski definition) is 7. The molecular formula is C25H35ClN2O7. The highest BCUT2D eigenvalue weighted by Gasteiger charge is 2.32. The number of ether oxygens (including phenoxy) is 2. The number of carbonyl (C=O) groups excluding carboxylic acids is 3. The number of ketones is 1. The highest BCUT2D eigenvalue weighted by atomic mass is 35.5. The molecule has 0 aromatic heterocycles. The summed E-state index contributed by atoms with van der Waals surface area (Å²) in [5.74, 6) is -0.651. The molecule has 1 amide bonds. The number of nitro benzene ring substituents is 1. The summed E-state index contributed by atoms with van der Waals surface area (Å²) in [7, 11) is 0. The largest absolute Gasteiger partial charge is 0.486 e. The molecule has 0 bridgehead atoms. The Morgan fingerprint density at radius 1 is 1.20 bits per heavy atom. The van der Waals surface area contributed by atoms with Crippen molar-refractivity contribution in [2.24, 2.45) is 5.92 Å². The van der Waals surface area contributed by atoms with Gasteiger partial charge < -0.3 is 14.4 Å². The second-order valence-corrected chi connectivity index (χ2v) is 9.27. The second-order valence-electron chi connectivity index (χ2n) is 8.87. The predicted molar refractivity (Wildman–Crippen MR) is 132 cm³/mol. The van der Waals surface area contributed by atoms with Gasteiger partial charge in [-0.15, -0.1) is 0 Å². The smallest absolute Gasteiger partial charge is 0.323 e. The number of carbonyl (C=O) groups is 3. The summed E-state index contributed by atoms with van der Waals surface area (Å²) in [5.41, 5.74) is -0.551. The van der Waals surface area contributed by atoms with Crippen molar-refractivity contribution in [1.82, 2.24) is 4.90 Å². The van der Waals surface area contributed by atoms with E-state index in [1.165, 1.54) is 26.0 Å². The quantitative estimate of drug-likeness (QED) is 0.109. The molecule has 35 heavy (non-hydrogen) atoms. The molecule has 0 aliphatic heterocycles. The van der Waals surface area contributed by atoms with Gasteiger partial charge >= 0.3 is 11.7 Å². The maximum Gasteiger partial charge on any atom is 0.323 e. The van der Waals surface area contributed by atoms with Crippen LogP contribution in [0.5, 0.6) is 5.75 Å². The SMILES string of the molecule is CCCC(C1CCCC1)N(CCOC(C)=O)C(=O)CCCOc1c(Cl)ccc(C(C)=O)c1[N+](=O)[O-]. The molecule has 1 atom stereocenters. The van der Waals surface area contributed by atoms with Crippen LogP contribution in [0.3, 0.4) is 0 Å². The van der Waals surface area contributed by atoms with Crippen molar-refractivity contribution in [3.05, 3.63) is 32.8 Å². The molecule has 9 nitrogen and oxygen atoms in total. The van der Waals surface area contributed by atoms with Gasteiger partial charge in [-0.25, -0.2) is 0 Å². The van der Waals surface area contributed by atoms with Gasteiger partial charge in [0, 0.05) is 19.4 Å². The zero-order valence-electron chi connectivity index (χ0n) is 20.7. The van der Waals surface area contributed by atoms with Gasteiger partial charge in [0.25, 0.3) is 0 Å². The fourth-order valence-corrected chi connectivity index (χ4v) is 4.94. The lowest BCUT2D eigenvalue weighted by Crippen LogP contribution is -2.46. The Balaban J connectivity index is 2.08. The standard InChI is InChI=1S/C25H35ClN2O7/c1-4-8-22(19-9-5-6-10-19)27(14-16-34-18(3)30)23(31)11-7-15-35-25-21(26)13-12-20(17(2)29)24(25)28(32)33/h12-13,19,22H,4-11,14-16H2,1-3H3. The number of nitro groups is 1. The van der Waals surface area contributed by atoms with Crippen molar-refractivity contribution >= 4 is 34.9 Å². The van der Waals surface area contributed by atoms with Crippen LogP contribution < -0.4 is 4.74 Å². The zero-order chi connectivity index (χ0) is 26.0. The van der Waals surface area contributed by atoms with Crippen molar-refractivity contribution in [3.63, 3.8) is 0 Å². The van der Waals surface area contributed by atoms with E-state index in [2.05, 4.69) is 6.92 Å².